The van der Waals surface area contributed by atoms with E-state index in [1.54, 1.807) is 37.3 Å². The Bertz CT molecular complexity index is 922. The molecule has 0 saturated heterocycles. The quantitative estimate of drug-likeness (QED) is 0.270. The summed E-state index contributed by atoms with van der Waals surface area (Å²) in [5, 5.41) is 0. The largest absolute Gasteiger partial charge is 0.493 e. The molecule has 2 aromatic carbocycles. The number of esters is 1. The summed E-state index contributed by atoms with van der Waals surface area (Å²) in [6.45, 7) is 2.19. The van der Waals surface area contributed by atoms with Crippen LogP contribution in [0.4, 0.5) is 0 Å². The molecule has 0 unspecified atom stereocenters. The molecule has 0 aliphatic carbocycles. The van der Waals surface area contributed by atoms with Crippen molar-refractivity contribution in [2.24, 2.45) is 0 Å². The Morgan fingerprint density at radius 1 is 1.14 bits per heavy atom. The number of fused-ring (bicyclic) bond motifs is 1. The lowest BCUT2D eigenvalue weighted by atomic mass is 10.1. The maximum absolute atomic E-state index is 12.1. The highest BCUT2D eigenvalue weighted by molar-refractivity contribution is 8.01. The van der Waals surface area contributed by atoms with E-state index in [1.807, 2.05) is 37.3 Å². The predicted octanol–water partition coefficient (Wildman–Crippen LogP) is 5.24. The average Bonchev–Trinajstić information content (AvgIpc) is 3.12. The third-order valence-corrected chi connectivity index (χ3v) is 6.52. The van der Waals surface area contributed by atoms with Crippen LogP contribution in [-0.4, -0.2) is 30.9 Å². The van der Waals surface area contributed by atoms with E-state index in [1.165, 1.54) is 4.70 Å². The number of hydrogen-bond acceptors (Lipinski definition) is 7. The first-order chi connectivity index (χ1) is 13.6. The van der Waals surface area contributed by atoms with Gasteiger partial charge in [0.25, 0.3) is 0 Å². The minimum absolute atomic E-state index is 0.195. The van der Waals surface area contributed by atoms with Crippen molar-refractivity contribution in [1.29, 1.82) is 0 Å². The topological polar surface area (TPSA) is 57.7 Å². The first-order valence-corrected chi connectivity index (χ1v) is 10.8. The fourth-order valence-electron chi connectivity index (χ4n) is 2.70. The van der Waals surface area contributed by atoms with Crippen molar-refractivity contribution in [1.82, 2.24) is 4.98 Å². The van der Waals surface area contributed by atoms with Crippen molar-refractivity contribution in [3.63, 3.8) is 0 Å². The number of benzene rings is 2. The van der Waals surface area contributed by atoms with Gasteiger partial charge in [-0.05, 0) is 48.7 Å². The Morgan fingerprint density at radius 2 is 1.89 bits per heavy atom. The number of aryl methyl sites for hydroxylation is 1. The third-order valence-electron chi connectivity index (χ3n) is 4.26. The monoisotopic (exact) mass is 417 g/mol. The maximum Gasteiger partial charge on any atom is 0.306 e. The van der Waals surface area contributed by atoms with E-state index < -0.39 is 0 Å². The van der Waals surface area contributed by atoms with E-state index >= 15 is 0 Å². The van der Waals surface area contributed by atoms with Gasteiger partial charge in [-0.3, -0.25) is 4.79 Å². The SMILES string of the molecule is COc1cc(C)c(COC(=O)CCCSc2nc3ccccc3s2)cc1OC. The van der Waals surface area contributed by atoms with Gasteiger partial charge in [0.05, 0.1) is 24.4 Å². The van der Waals surface area contributed by atoms with Crippen LogP contribution >= 0.6 is 23.1 Å². The molecule has 0 aliphatic heterocycles. The summed E-state index contributed by atoms with van der Waals surface area (Å²) >= 11 is 3.37. The normalized spacial score (nSPS) is 10.8. The number of ether oxygens (including phenoxy) is 3. The van der Waals surface area contributed by atoms with Crippen molar-refractivity contribution in [2.75, 3.05) is 20.0 Å². The van der Waals surface area contributed by atoms with E-state index in [0.717, 1.165) is 33.2 Å². The van der Waals surface area contributed by atoms with Crippen molar-refractivity contribution in [3.8, 4) is 11.5 Å². The highest BCUT2D eigenvalue weighted by atomic mass is 32.2. The first kappa shape index (κ1) is 20.5. The van der Waals surface area contributed by atoms with Crippen LogP contribution in [0.25, 0.3) is 10.2 Å². The van der Waals surface area contributed by atoms with E-state index in [2.05, 4.69) is 11.1 Å². The summed E-state index contributed by atoms with van der Waals surface area (Å²) in [6.07, 6.45) is 1.15. The second kappa shape index (κ2) is 9.80. The zero-order valence-corrected chi connectivity index (χ0v) is 17.8. The molecule has 0 N–H and O–H groups in total. The Balaban J connectivity index is 1.43. The van der Waals surface area contributed by atoms with Gasteiger partial charge in [-0.2, -0.15) is 0 Å². The van der Waals surface area contributed by atoms with Gasteiger partial charge in [-0.15, -0.1) is 11.3 Å². The van der Waals surface area contributed by atoms with Gasteiger partial charge < -0.3 is 14.2 Å². The number of carbonyl (C=O) groups is 1. The number of nitrogens with zero attached hydrogens (tertiary/aromatic N) is 1. The van der Waals surface area contributed by atoms with Crippen LogP contribution in [0.2, 0.25) is 0 Å². The van der Waals surface area contributed by atoms with Crippen molar-refractivity contribution < 1.29 is 19.0 Å². The van der Waals surface area contributed by atoms with Crippen molar-refractivity contribution >= 4 is 39.3 Å². The minimum atomic E-state index is -0.195. The molecule has 0 saturated carbocycles. The van der Waals surface area contributed by atoms with Crippen molar-refractivity contribution in [3.05, 3.63) is 47.5 Å². The summed E-state index contributed by atoms with van der Waals surface area (Å²) in [6, 6.07) is 11.8. The molecular weight excluding hydrogens is 394 g/mol. The zero-order chi connectivity index (χ0) is 19.9. The number of hydrogen-bond donors (Lipinski definition) is 0. The second-order valence-corrected chi connectivity index (χ2v) is 8.57. The molecule has 3 rings (SSSR count). The maximum atomic E-state index is 12.1. The fourth-order valence-corrected chi connectivity index (χ4v) is 4.78. The van der Waals surface area contributed by atoms with Crippen LogP contribution in [0.5, 0.6) is 11.5 Å². The molecule has 0 bridgehead atoms. The fraction of sp³-hybridized carbons (Fsp3) is 0.333. The van der Waals surface area contributed by atoms with Crippen LogP contribution in [0.1, 0.15) is 24.0 Å². The van der Waals surface area contributed by atoms with Gasteiger partial charge in [-0.1, -0.05) is 23.9 Å². The predicted molar refractivity (Wildman–Crippen MR) is 114 cm³/mol. The zero-order valence-electron chi connectivity index (χ0n) is 16.2. The summed E-state index contributed by atoms with van der Waals surface area (Å²) in [5.74, 6) is 1.94. The lowest BCUT2D eigenvalue weighted by Gasteiger charge is -2.13. The molecule has 0 aliphatic rings. The van der Waals surface area contributed by atoms with Gasteiger partial charge in [0.1, 0.15) is 6.61 Å². The average molecular weight is 418 g/mol. The van der Waals surface area contributed by atoms with Gasteiger partial charge >= 0.3 is 5.97 Å². The van der Waals surface area contributed by atoms with Crippen LogP contribution in [0.3, 0.4) is 0 Å². The molecular formula is C21H23NO4S2. The summed E-state index contributed by atoms with van der Waals surface area (Å²) in [5.41, 5.74) is 2.94. The number of thioether (sulfide) groups is 1. The second-order valence-electron chi connectivity index (χ2n) is 6.19. The van der Waals surface area contributed by atoms with Gasteiger partial charge in [0.15, 0.2) is 15.8 Å². The lowest BCUT2D eigenvalue weighted by molar-refractivity contribution is -0.144. The summed E-state index contributed by atoms with van der Waals surface area (Å²) in [7, 11) is 3.19. The molecule has 0 fully saturated rings. The van der Waals surface area contributed by atoms with Crippen LogP contribution in [0.15, 0.2) is 40.7 Å². The number of rotatable bonds is 9. The molecule has 0 spiro atoms. The summed E-state index contributed by atoms with van der Waals surface area (Å²) in [4.78, 5) is 16.6. The Morgan fingerprint density at radius 3 is 2.64 bits per heavy atom. The Hall–Kier alpha value is -2.25. The molecule has 5 nitrogen and oxygen atoms in total. The molecule has 148 valence electrons. The molecule has 1 heterocycles. The van der Waals surface area contributed by atoms with Crippen molar-refractivity contribution in [2.45, 2.75) is 30.7 Å². The van der Waals surface area contributed by atoms with E-state index in [4.69, 9.17) is 14.2 Å². The minimum Gasteiger partial charge on any atom is -0.493 e. The van der Waals surface area contributed by atoms with Gasteiger partial charge in [0, 0.05) is 12.2 Å². The lowest BCUT2D eigenvalue weighted by Crippen LogP contribution is -2.06. The highest BCUT2D eigenvalue weighted by Crippen LogP contribution is 2.31. The van der Waals surface area contributed by atoms with E-state index in [-0.39, 0.29) is 12.6 Å². The molecule has 1 aromatic heterocycles. The number of para-hydroxylation sites is 1. The number of aromatic nitrogens is 1. The summed E-state index contributed by atoms with van der Waals surface area (Å²) < 4.78 is 18.2. The van der Waals surface area contributed by atoms with E-state index in [9.17, 15) is 4.79 Å². The van der Waals surface area contributed by atoms with Gasteiger partial charge in [0.2, 0.25) is 0 Å². The number of thiazole rings is 1. The van der Waals surface area contributed by atoms with Crippen LogP contribution < -0.4 is 9.47 Å². The molecule has 28 heavy (non-hydrogen) atoms. The molecule has 0 atom stereocenters. The van der Waals surface area contributed by atoms with Crippen LogP contribution in [-0.2, 0) is 16.1 Å². The Kier molecular flexibility index (Phi) is 7.17. The van der Waals surface area contributed by atoms with Gasteiger partial charge in [-0.25, -0.2) is 4.98 Å². The standard InChI is InChI=1S/C21H23NO4S2/c1-14-11-17(24-2)18(25-3)12-15(14)13-26-20(23)9-6-10-27-21-22-16-7-4-5-8-19(16)28-21/h4-5,7-8,11-12H,6,9-10,13H2,1-3H3. The third kappa shape index (κ3) is 5.17. The smallest absolute Gasteiger partial charge is 0.306 e. The van der Waals surface area contributed by atoms with Crippen LogP contribution in [0, 0.1) is 6.92 Å². The molecule has 0 amide bonds. The Labute approximate surface area is 173 Å². The van der Waals surface area contributed by atoms with E-state index in [0.29, 0.717) is 17.9 Å². The molecule has 3 aromatic rings. The molecule has 0 radical (unpaired) electrons. The first-order valence-electron chi connectivity index (χ1n) is 8.96. The highest BCUT2D eigenvalue weighted by Gasteiger charge is 2.11. The number of methoxy groups -OCH3 is 2. The number of carbonyl (C=O) groups excluding carboxylic acids is 1. The molecule has 7 heteroatoms.